The lowest BCUT2D eigenvalue weighted by Crippen LogP contribution is -2.46. The summed E-state index contributed by atoms with van der Waals surface area (Å²) in [6.07, 6.45) is 2.48. The summed E-state index contributed by atoms with van der Waals surface area (Å²) >= 11 is 1.68. The molecule has 1 N–H and O–H groups in total. The van der Waals surface area contributed by atoms with Crippen molar-refractivity contribution >= 4 is 27.4 Å². The minimum atomic E-state index is -0.786. The van der Waals surface area contributed by atoms with Crippen molar-refractivity contribution in [3.8, 4) is 17.2 Å². The number of thiophene rings is 1. The minimum absolute atomic E-state index is 0.275. The summed E-state index contributed by atoms with van der Waals surface area (Å²) in [4.78, 5) is 14.5. The Morgan fingerprint density at radius 3 is 2.43 bits per heavy atom. The van der Waals surface area contributed by atoms with Crippen molar-refractivity contribution in [2.45, 2.75) is 38.0 Å². The third-order valence-electron chi connectivity index (χ3n) is 6.99. The number of hydrogen-bond acceptors (Lipinski definition) is 6. The van der Waals surface area contributed by atoms with Crippen LogP contribution in [-0.4, -0.2) is 42.8 Å². The fourth-order valence-corrected chi connectivity index (χ4v) is 6.20. The lowest BCUT2D eigenvalue weighted by Gasteiger charge is -2.39. The zero-order valence-corrected chi connectivity index (χ0v) is 21.9. The first-order valence-corrected chi connectivity index (χ1v) is 13.4. The van der Waals surface area contributed by atoms with E-state index < -0.39 is 12.0 Å². The average Bonchev–Trinajstić information content (AvgIpc) is 3.36. The van der Waals surface area contributed by atoms with Gasteiger partial charge < -0.3 is 19.3 Å². The standard InChI is InChI=1S/C30H31NO5S/c1-34-25-16-21(17-26(35-2)29(25)36-18-20-10-4-3-5-11-20)28(31-15-9-8-13-24(31)30(32)33)23-19-37-27-14-7-6-12-22(23)27/h3-7,10-12,14,16-17,19,24,28H,8-9,13,15,18H2,1-2H3,(H,32,33). The average molecular weight is 518 g/mol. The number of likely N-dealkylation sites (tertiary alicyclic amines) is 1. The second kappa shape index (κ2) is 11.2. The molecule has 1 saturated heterocycles. The zero-order valence-electron chi connectivity index (χ0n) is 21.1. The molecule has 0 aliphatic carbocycles. The molecular weight excluding hydrogens is 486 g/mol. The van der Waals surface area contributed by atoms with Gasteiger partial charge in [-0.15, -0.1) is 11.3 Å². The minimum Gasteiger partial charge on any atom is -0.493 e. The van der Waals surface area contributed by atoms with E-state index in [2.05, 4.69) is 22.4 Å². The molecule has 6 nitrogen and oxygen atoms in total. The molecule has 1 aromatic heterocycles. The Kier molecular flexibility index (Phi) is 7.63. The van der Waals surface area contributed by atoms with Crippen molar-refractivity contribution in [1.29, 1.82) is 0 Å². The first kappa shape index (κ1) is 25.1. The fraction of sp³-hybridized carbons (Fsp3) is 0.300. The smallest absolute Gasteiger partial charge is 0.320 e. The number of ether oxygens (including phenoxy) is 3. The molecule has 4 aromatic rings. The third-order valence-corrected chi connectivity index (χ3v) is 7.97. The van der Waals surface area contributed by atoms with Crippen LogP contribution in [0, 0.1) is 0 Å². The second-order valence-electron chi connectivity index (χ2n) is 9.21. The lowest BCUT2D eigenvalue weighted by molar-refractivity contribution is -0.145. The molecule has 0 bridgehead atoms. The molecule has 2 unspecified atom stereocenters. The van der Waals surface area contributed by atoms with Gasteiger partial charge >= 0.3 is 5.97 Å². The molecule has 0 spiro atoms. The van der Waals surface area contributed by atoms with Gasteiger partial charge in [-0.05, 0) is 65.0 Å². The van der Waals surface area contributed by atoms with Crippen molar-refractivity contribution in [3.05, 3.63) is 88.8 Å². The highest BCUT2D eigenvalue weighted by atomic mass is 32.1. The van der Waals surface area contributed by atoms with Crippen LogP contribution in [-0.2, 0) is 11.4 Å². The van der Waals surface area contributed by atoms with Crippen molar-refractivity contribution in [2.24, 2.45) is 0 Å². The third kappa shape index (κ3) is 5.15. The fourth-order valence-electron chi connectivity index (χ4n) is 5.22. The van der Waals surface area contributed by atoms with Gasteiger partial charge in [0, 0.05) is 4.70 Å². The molecule has 0 amide bonds. The molecule has 5 rings (SSSR count). The Morgan fingerprint density at radius 2 is 1.73 bits per heavy atom. The number of nitrogens with zero attached hydrogens (tertiary/aromatic N) is 1. The molecule has 2 heterocycles. The van der Waals surface area contributed by atoms with E-state index >= 15 is 0 Å². The molecule has 0 saturated carbocycles. The zero-order chi connectivity index (χ0) is 25.8. The lowest BCUT2D eigenvalue weighted by atomic mass is 9.91. The summed E-state index contributed by atoms with van der Waals surface area (Å²) < 4.78 is 18.9. The van der Waals surface area contributed by atoms with Gasteiger partial charge in [0.2, 0.25) is 5.75 Å². The largest absolute Gasteiger partial charge is 0.493 e. The van der Waals surface area contributed by atoms with Crippen molar-refractivity contribution < 1.29 is 24.1 Å². The molecule has 1 aliphatic heterocycles. The van der Waals surface area contributed by atoms with Crippen molar-refractivity contribution in [1.82, 2.24) is 4.90 Å². The summed E-state index contributed by atoms with van der Waals surface area (Å²) in [5, 5.41) is 13.4. The normalized spacial score (nSPS) is 16.9. The number of aliphatic carboxylic acids is 1. The van der Waals surface area contributed by atoms with Gasteiger partial charge in [-0.25, -0.2) is 0 Å². The topological polar surface area (TPSA) is 68.2 Å². The van der Waals surface area contributed by atoms with Gasteiger partial charge in [0.1, 0.15) is 12.6 Å². The van der Waals surface area contributed by atoms with E-state index in [1.165, 1.54) is 4.70 Å². The Balaban J connectivity index is 1.62. The first-order valence-electron chi connectivity index (χ1n) is 12.5. The second-order valence-corrected chi connectivity index (χ2v) is 10.1. The number of piperidine rings is 1. The quantitative estimate of drug-likeness (QED) is 0.272. The highest BCUT2D eigenvalue weighted by molar-refractivity contribution is 7.17. The van der Waals surface area contributed by atoms with E-state index in [1.807, 2.05) is 54.6 Å². The highest BCUT2D eigenvalue weighted by Crippen LogP contribution is 2.46. The predicted molar refractivity (Wildman–Crippen MR) is 146 cm³/mol. The van der Waals surface area contributed by atoms with Crippen LogP contribution in [0.1, 0.15) is 42.0 Å². The number of fused-ring (bicyclic) bond motifs is 1. The maximum Gasteiger partial charge on any atom is 0.320 e. The highest BCUT2D eigenvalue weighted by Gasteiger charge is 2.37. The van der Waals surface area contributed by atoms with Crippen molar-refractivity contribution in [3.63, 3.8) is 0 Å². The number of carboxylic acid groups (broad SMARTS) is 1. The Labute approximate surface area is 221 Å². The molecule has 3 aromatic carbocycles. The maximum absolute atomic E-state index is 12.3. The number of benzene rings is 3. The molecular formula is C30H31NO5S. The monoisotopic (exact) mass is 517 g/mol. The van der Waals surface area contributed by atoms with Gasteiger partial charge in [0.25, 0.3) is 0 Å². The molecule has 7 heteroatoms. The molecule has 0 radical (unpaired) electrons. The van der Waals surface area contributed by atoms with Crippen LogP contribution >= 0.6 is 11.3 Å². The maximum atomic E-state index is 12.3. The van der Waals surface area contributed by atoms with Crippen LogP contribution in [0.15, 0.2) is 72.1 Å². The summed E-state index contributed by atoms with van der Waals surface area (Å²) in [5.41, 5.74) is 3.05. The molecule has 2 atom stereocenters. The molecule has 1 fully saturated rings. The van der Waals surface area contributed by atoms with Crippen LogP contribution in [0.3, 0.4) is 0 Å². The van der Waals surface area contributed by atoms with Crippen LogP contribution < -0.4 is 14.2 Å². The van der Waals surface area contributed by atoms with Crippen LogP contribution in [0.25, 0.3) is 10.1 Å². The van der Waals surface area contributed by atoms with E-state index in [1.54, 1.807) is 25.6 Å². The summed E-state index contributed by atoms with van der Waals surface area (Å²) in [6, 6.07) is 21.3. The van der Waals surface area contributed by atoms with Gasteiger partial charge in [0.05, 0.1) is 20.3 Å². The van der Waals surface area contributed by atoms with Crippen LogP contribution in [0.4, 0.5) is 0 Å². The molecule has 1 aliphatic rings. The molecule has 192 valence electrons. The number of carbonyl (C=O) groups is 1. The van der Waals surface area contributed by atoms with Gasteiger partial charge in [-0.3, -0.25) is 9.69 Å². The van der Waals surface area contributed by atoms with Crippen LogP contribution in [0.2, 0.25) is 0 Å². The van der Waals surface area contributed by atoms with Gasteiger partial charge in [-0.2, -0.15) is 0 Å². The number of carboxylic acids is 1. The van der Waals surface area contributed by atoms with E-state index in [9.17, 15) is 9.90 Å². The van der Waals surface area contributed by atoms with E-state index in [0.717, 1.165) is 34.9 Å². The molecule has 37 heavy (non-hydrogen) atoms. The Hall–Kier alpha value is -3.55. The number of rotatable bonds is 9. The van der Waals surface area contributed by atoms with Gasteiger partial charge in [0.15, 0.2) is 11.5 Å². The summed E-state index contributed by atoms with van der Waals surface area (Å²) in [6.45, 7) is 1.07. The number of methoxy groups -OCH3 is 2. The Morgan fingerprint density at radius 1 is 1.03 bits per heavy atom. The number of hydrogen-bond donors (Lipinski definition) is 1. The van der Waals surface area contributed by atoms with Crippen molar-refractivity contribution in [2.75, 3.05) is 20.8 Å². The van der Waals surface area contributed by atoms with E-state index in [0.29, 0.717) is 36.8 Å². The van der Waals surface area contributed by atoms with E-state index in [4.69, 9.17) is 14.2 Å². The van der Waals surface area contributed by atoms with Crippen LogP contribution in [0.5, 0.6) is 17.2 Å². The first-order chi connectivity index (χ1) is 18.1. The SMILES string of the molecule is COc1cc(C(c2csc3ccccc23)N2CCCCC2C(=O)O)cc(OC)c1OCc1ccccc1. The predicted octanol–water partition coefficient (Wildman–Crippen LogP) is 6.53. The summed E-state index contributed by atoms with van der Waals surface area (Å²) in [5.74, 6) is 0.850. The van der Waals surface area contributed by atoms with E-state index in [-0.39, 0.29) is 6.04 Å². The summed E-state index contributed by atoms with van der Waals surface area (Å²) in [7, 11) is 3.23. The van der Waals surface area contributed by atoms with Gasteiger partial charge in [-0.1, -0.05) is 55.0 Å². The Bertz CT molecular complexity index is 1340.